The fourth-order valence-corrected chi connectivity index (χ4v) is 3.32. The molecule has 1 aromatic carbocycles. The van der Waals surface area contributed by atoms with E-state index >= 15 is 0 Å². The van der Waals surface area contributed by atoms with Crippen LogP contribution in [-0.2, 0) is 18.0 Å². The van der Waals surface area contributed by atoms with Crippen molar-refractivity contribution in [3.05, 3.63) is 63.1 Å². The second-order valence-electron chi connectivity index (χ2n) is 6.84. The number of nitrogens with zero attached hydrogens (tertiary/aromatic N) is 3. The second-order valence-corrected chi connectivity index (χ2v) is 6.84. The van der Waals surface area contributed by atoms with E-state index in [1.807, 2.05) is 0 Å². The minimum Gasteiger partial charge on any atom is -0.503 e. The van der Waals surface area contributed by atoms with Crippen LogP contribution in [0.3, 0.4) is 0 Å². The maximum absolute atomic E-state index is 13.8. The molecule has 2 N–H and O–H groups in total. The molecule has 0 atom stereocenters. The lowest BCUT2D eigenvalue weighted by Gasteiger charge is -2.39. The van der Waals surface area contributed by atoms with E-state index in [1.165, 1.54) is 28.9 Å². The molecular weight excluding hydrogens is 414 g/mol. The molecule has 11 heteroatoms. The van der Waals surface area contributed by atoms with E-state index < -0.39 is 40.2 Å². The Kier molecular flexibility index (Phi) is 6.66. The normalized spacial score (nSPS) is 13.9. The number of carbonyl (C=O) groups excluding carboxylic acids is 2. The summed E-state index contributed by atoms with van der Waals surface area (Å²) in [5.41, 5.74) is -1.62. The Bertz CT molecular complexity index is 1070. The highest BCUT2D eigenvalue weighted by atomic mass is 19.1. The number of hydrazine groups is 1. The van der Waals surface area contributed by atoms with E-state index in [-0.39, 0.29) is 24.5 Å². The second kappa shape index (κ2) is 9.23. The van der Waals surface area contributed by atoms with Gasteiger partial charge in [-0.15, -0.1) is 0 Å². The van der Waals surface area contributed by atoms with Gasteiger partial charge in [0, 0.05) is 44.6 Å². The van der Waals surface area contributed by atoms with Crippen molar-refractivity contribution in [3.8, 4) is 5.75 Å². The highest BCUT2D eigenvalue weighted by molar-refractivity contribution is 5.98. The van der Waals surface area contributed by atoms with Crippen LogP contribution in [0.5, 0.6) is 5.75 Å². The topological polar surface area (TPSA) is 104 Å². The minimum atomic E-state index is -1.02. The highest BCUT2D eigenvalue weighted by Gasteiger charge is 2.34. The molecular formula is C20H22F2N4O5. The molecule has 0 bridgehead atoms. The molecule has 3 rings (SSSR count). The summed E-state index contributed by atoms with van der Waals surface area (Å²) in [5.74, 6) is -3.89. The summed E-state index contributed by atoms with van der Waals surface area (Å²) in [6.45, 7) is 2.56. The molecule has 1 aliphatic rings. The van der Waals surface area contributed by atoms with Gasteiger partial charge in [-0.05, 0) is 13.0 Å². The van der Waals surface area contributed by atoms with Gasteiger partial charge in [-0.3, -0.25) is 19.4 Å². The van der Waals surface area contributed by atoms with Crippen molar-refractivity contribution in [2.24, 2.45) is 0 Å². The first-order valence-electron chi connectivity index (χ1n) is 9.52. The Morgan fingerprint density at radius 2 is 2.03 bits per heavy atom. The Labute approximate surface area is 176 Å². The lowest BCUT2D eigenvalue weighted by molar-refractivity contribution is -0.0519. The summed E-state index contributed by atoms with van der Waals surface area (Å²) in [7, 11) is 1.52. The first-order chi connectivity index (χ1) is 14.8. The number of aromatic hydroxyl groups is 1. The van der Waals surface area contributed by atoms with Crippen LogP contribution in [-0.4, -0.2) is 58.3 Å². The number of fused-ring (bicyclic) bond motifs is 1. The average Bonchev–Trinajstić information content (AvgIpc) is 2.73. The summed E-state index contributed by atoms with van der Waals surface area (Å²) in [6, 6.07) is 2.90. The molecule has 1 aliphatic heterocycles. The number of hydrogen-bond donors (Lipinski definition) is 2. The van der Waals surface area contributed by atoms with Crippen molar-refractivity contribution < 1.29 is 28.2 Å². The number of halogens is 2. The number of hydrogen-bond acceptors (Lipinski definition) is 6. The molecule has 0 radical (unpaired) electrons. The summed E-state index contributed by atoms with van der Waals surface area (Å²) >= 11 is 0. The number of pyridine rings is 1. The molecule has 2 aromatic rings. The Hall–Kier alpha value is -3.31. The third kappa shape index (κ3) is 4.42. The Balaban J connectivity index is 1.89. The maximum atomic E-state index is 13.8. The van der Waals surface area contributed by atoms with Gasteiger partial charge in [0.1, 0.15) is 17.2 Å². The predicted octanol–water partition coefficient (Wildman–Crippen LogP) is 1.06. The minimum absolute atomic E-state index is 0.0246. The smallest absolute Gasteiger partial charge is 0.288 e. The molecule has 0 saturated carbocycles. The molecule has 0 fully saturated rings. The summed E-state index contributed by atoms with van der Waals surface area (Å²) in [6.07, 6.45) is 1.18. The maximum Gasteiger partial charge on any atom is 0.288 e. The molecule has 0 spiro atoms. The number of nitrogens with one attached hydrogen (secondary N) is 1. The largest absolute Gasteiger partial charge is 0.503 e. The lowest BCUT2D eigenvalue weighted by atomic mass is 10.1. The van der Waals surface area contributed by atoms with E-state index in [9.17, 15) is 28.3 Å². The molecule has 9 nitrogen and oxygen atoms in total. The molecule has 31 heavy (non-hydrogen) atoms. The number of methoxy groups -OCH3 is 1. The van der Waals surface area contributed by atoms with Gasteiger partial charge in [-0.25, -0.2) is 8.78 Å². The molecule has 2 amide bonds. The fourth-order valence-electron chi connectivity index (χ4n) is 3.32. The highest BCUT2D eigenvalue weighted by Crippen LogP contribution is 2.23. The third-order valence-corrected chi connectivity index (χ3v) is 4.90. The number of benzene rings is 1. The van der Waals surface area contributed by atoms with Crippen LogP contribution in [0.1, 0.15) is 33.3 Å². The Morgan fingerprint density at radius 1 is 1.29 bits per heavy atom. The van der Waals surface area contributed by atoms with Crippen molar-refractivity contribution >= 4 is 11.8 Å². The molecule has 0 aliphatic carbocycles. The van der Waals surface area contributed by atoms with Gasteiger partial charge in [0.2, 0.25) is 5.43 Å². The molecule has 166 valence electrons. The fraction of sp³-hybridized carbons (Fsp3) is 0.350. The number of rotatable bonds is 7. The molecule has 0 unspecified atom stereocenters. The number of amides is 2. The van der Waals surface area contributed by atoms with Crippen molar-refractivity contribution in [1.82, 2.24) is 19.9 Å². The van der Waals surface area contributed by atoms with E-state index in [1.54, 1.807) is 11.9 Å². The van der Waals surface area contributed by atoms with Crippen molar-refractivity contribution in [2.75, 3.05) is 26.8 Å². The van der Waals surface area contributed by atoms with E-state index in [4.69, 9.17) is 4.74 Å². The van der Waals surface area contributed by atoms with Gasteiger partial charge in [0.25, 0.3) is 11.8 Å². The van der Waals surface area contributed by atoms with E-state index in [0.717, 1.165) is 6.07 Å². The summed E-state index contributed by atoms with van der Waals surface area (Å²) < 4.78 is 33.2. The quantitative estimate of drug-likeness (QED) is 0.673. The average molecular weight is 436 g/mol. The van der Waals surface area contributed by atoms with Crippen LogP contribution in [0.2, 0.25) is 0 Å². The monoisotopic (exact) mass is 436 g/mol. The third-order valence-electron chi connectivity index (χ3n) is 4.90. The zero-order valence-electron chi connectivity index (χ0n) is 17.0. The van der Waals surface area contributed by atoms with E-state index in [2.05, 4.69) is 5.32 Å². The standard InChI is InChI=1S/C20H22F2N4O5/c1-3-26-20(30)16-18(28)17(27)14(10-24(16)11-25(26)6-7-31-2)19(29)23-9-12-4-5-13(21)8-15(12)22/h4-5,8,10,28H,3,6-7,9,11H2,1-2H3,(H,23,29). The number of ether oxygens (including phenoxy) is 1. The van der Waals surface area contributed by atoms with Gasteiger partial charge in [-0.1, -0.05) is 6.07 Å². The summed E-state index contributed by atoms with van der Waals surface area (Å²) in [5, 5.41) is 15.8. The van der Waals surface area contributed by atoms with Gasteiger partial charge in [0.15, 0.2) is 11.4 Å². The molecule has 1 aromatic heterocycles. The van der Waals surface area contributed by atoms with Crippen molar-refractivity contribution in [1.29, 1.82) is 0 Å². The van der Waals surface area contributed by atoms with Crippen LogP contribution in [0.25, 0.3) is 0 Å². The summed E-state index contributed by atoms with van der Waals surface area (Å²) in [4.78, 5) is 37.9. The first kappa shape index (κ1) is 22.4. The first-order valence-corrected chi connectivity index (χ1v) is 9.52. The van der Waals surface area contributed by atoms with Crippen molar-refractivity contribution in [2.45, 2.75) is 20.1 Å². The number of carbonyl (C=O) groups is 2. The van der Waals surface area contributed by atoms with Gasteiger partial charge in [0.05, 0.1) is 13.3 Å². The molecule has 2 heterocycles. The number of aromatic nitrogens is 1. The lowest BCUT2D eigenvalue weighted by Crippen LogP contribution is -2.53. The molecule has 0 saturated heterocycles. The zero-order chi connectivity index (χ0) is 22.7. The van der Waals surface area contributed by atoms with Crippen LogP contribution >= 0.6 is 0 Å². The van der Waals surface area contributed by atoms with Crippen molar-refractivity contribution in [3.63, 3.8) is 0 Å². The van der Waals surface area contributed by atoms with Crippen LogP contribution in [0, 0.1) is 11.6 Å². The van der Waals surface area contributed by atoms with Crippen LogP contribution in [0.15, 0.2) is 29.2 Å². The zero-order valence-corrected chi connectivity index (χ0v) is 17.0. The van der Waals surface area contributed by atoms with E-state index in [0.29, 0.717) is 25.8 Å². The van der Waals surface area contributed by atoms with Gasteiger partial charge >= 0.3 is 0 Å². The SMILES string of the molecule is CCN1C(=O)c2c(O)c(=O)c(C(=O)NCc3ccc(F)cc3F)cn2CN1CCOC. The van der Waals surface area contributed by atoms with Crippen LogP contribution in [0.4, 0.5) is 8.78 Å². The van der Waals surface area contributed by atoms with Gasteiger partial charge in [-0.2, -0.15) is 5.01 Å². The van der Waals surface area contributed by atoms with Crippen LogP contribution < -0.4 is 10.7 Å². The van der Waals surface area contributed by atoms with Gasteiger partial charge < -0.3 is 19.7 Å². The predicted molar refractivity (Wildman–Crippen MR) is 105 cm³/mol. The Morgan fingerprint density at radius 3 is 2.68 bits per heavy atom.